The molecule has 0 radical (unpaired) electrons. The van der Waals surface area contributed by atoms with Crippen molar-refractivity contribution < 1.29 is 32.1 Å². The average Bonchev–Trinajstić information content (AvgIpc) is 3.66. The Bertz CT molecular complexity index is 1760. The molecule has 4 fully saturated rings. The van der Waals surface area contributed by atoms with Gasteiger partial charge in [0, 0.05) is 42.5 Å². The van der Waals surface area contributed by atoms with Crippen LogP contribution in [0, 0.1) is 11.6 Å². The van der Waals surface area contributed by atoms with Crippen LogP contribution in [0.25, 0.3) is 10.8 Å². The van der Waals surface area contributed by atoms with Gasteiger partial charge in [0.15, 0.2) is 11.6 Å². The summed E-state index contributed by atoms with van der Waals surface area (Å²) in [7, 11) is 0. The number of halogens is 4. The van der Waals surface area contributed by atoms with Crippen LogP contribution in [0.15, 0.2) is 35.6 Å². The van der Waals surface area contributed by atoms with Gasteiger partial charge < -0.3 is 24.8 Å². The summed E-state index contributed by atoms with van der Waals surface area (Å²) in [5.41, 5.74) is -0.719. The Morgan fingerprint density at radius 1 is 1.16 bits per heavy atom. The molecule has 2 aromatic carbocycles. The number of phenols is 1. The summed E-state index contributed by atoms with van der Waals surface area (Å²) in [5, 5.41) is 14.3. The van der Waals surface area contributed by atoms with Crippen LogP contribution in [0.3, 0.4) is 0 Å². The SMILES string of the molecule is Oc1cc(C2N=C3OC[C@@H]4[C@@H]5CC[C@H](CN4c4ncnc(c43)C2(F)OC[C@]23CCCN2C[C@H](F)C3)N5)c2c(F)c(F)ccc2c1. The van der Waals surface area contributed by atoms with Crippen LogP contribution in [-0.2, 0) is 15.3 Å². The van der Waals surface area contributed by atoms with Crippen LogP contribution in [0.1, 0.15) is 55.0 Å². The summed E-state index contributed by atoms with van der Waals surface area (Å²) >= 11 is 0. The first-order valence-corrected chi connectivity index (χ1v) is 15.7. The van der Waals surface area contributed by atoms with Gasteiger partial charge in [-0.3, -0.25) is 4.90 Å². The molecule has 13 heteroatoms. The second-order valence-corrected chi connectivity index (χ2v) is 13.3. The number of hydrogen-bond acceptors (Lipinski definition) is 9. The molecule has 2 bridgehead atoms. The number of nitrogens with one attached hydrogen (secondary N) is 1. The number of rotatable bonds is 4. The van der Waals surface area contributed by atoms with E-state index in [4.69, 9.17) is 14.5 Å². The van der Waals surface area contributed by atoms with Crippen molar-refractivity contribution in [3.05, 3.63) is 59.0 Å². The Hall–Kier alpha value is -3.55. The quantitative estimate of drug-likeness (QED) is 0.418. The van der Waals surface area contributed by atoms with Crippen molar-refractivity contribution in [2.45, 2.75) is 73.8 Å². The van der Waals surface area contributed by atoms with Crippen LogP contribution in [0.2, 0.25) is 0 Å². The van der Waals surface area contributed by atoms with E-state index in [9.17, 15) is 13.9 Å². The van der Waals surface area contributed by atoms with Gasteiger partial charge in [0.2, 0.25) is 5.90 Å². The van der Waals surface area contributed by atoms with Crippen molar-refractivity contribution >= 4 is 22.5 Å². The summed E-state index contributed by atoms with van der Waals surface area (Å²) in [6.45, 7) is 1.65. The maximum absolute atomic E-state index is 18.3. The van der Waals surface area contributed by atoms with E-state index < -0.39 is 35.2 Å². The van der Waals surface area contributed by atoms with Gasteiger partial charge in [-0.15, -0.1) is 0 Å². The summed E-state index contributed by atoms with van der Waals surface area (Å²) in [6, 6.07) is 3.39. The molecule has 7 heterocycles. The van der Waals surface area contributed by atoms with Gasteiger partial charge in [-0.25, -0.2) is 32.5 Å². The second kappa shape index (κ2) is 9.73. The van der Waals surface area contributed by atoms with E-state index in [2.05, 4.69) is 20.2 Å². The largest absolute Gasteiger partial charge is 0.508 e. The van der Waals surface area contributed by atoms with E-state index in [1.165, 1.54) is 24.5 Å². The molecule has 236 valence electrons. The van der Waals surface area contributed by atoms with Gasteiger partial charge in [-0.1, -0.05) is 6.07 Å². The number of benzene rings is 2. The fourth-order valence-electron chi connectivity index (χ4n) is 8.79. The summed E-state index contributed by atoms with van der Waals surface area (Å²) in [6.07, 6.45) is 3.85. The lowest BCUT2D eigenvalue weighted by Gasteiger charge is -2.41. The highest BCUT2D eigenvalue weighted by molar-refractivity contribution is 6.02. The molecular weight excluding hydrogens is 592 g/mol. The summed E-state index contributed by atoms with van der Waals surface area (Å²) < 4.78 is 75.9. The normalized spacial score (nSPS) is 35.1. The van der Waals surface area contributed by atoms with Gasteiger partial charge in [-0.05, 0) is 61.4 Å². The van der Waals surface area contributed by atoms with Gasteiger partial charge >= 0.3 is 0 Å². The number of anilines is 1. The highest BCUT2D eigenvalue weighted by Gasteiger charge is 2.57. The Morgan fingerprint density at radius 3 is 2.93 bits per heavy atom. The number of hydrogen-bond donors (Lipinski definition) is 2. The molecule has 0 aliphatic carbocycles. The van der Waals surface area contributed by atoms with Crippen molar-refractivity contribution in [1.29, 1.82) is 0 Å². The first-order valence-electron chi connectivity index (χ1n) is 15.7. The van der Waals surface area contributed by atoms with Crippen LogP contribution in [0.4, 0.5) is 23.4 Å². The third-order valence-electron chi connectivity index (χ3n) is 10.8. The van der Waals surface area contributed by atoms with Gasteiger partial charge in [-0.2, -0.15) is 0 Å². The van der Waals surface area contributed by atoms with Crippen molar-refractivity contribution in [3.63, 3.8) is 0 Å². The van der Waals surface area contributed by atoms with E-state index in [1.807, 2.05) is 4.90 Å². The molecule has 1 aromatic heterocycles. The van der Waals surface area contributed by atoms with E-state index in [0.717, 1.165) is 25.3 Å². The van der Waals surface area contributed by atoms with Crippen molar-refractivity contribution in [2.24, 2.45) is 4.99 Å². The first kappa shape index (κ1) is 27.7. The highest BCUT2D eigenvalue weighted by Crippen LogP contribution is 2.53. The molecular formula is C32H32F4N6O3. The first-order chi connectivity index (χ1) is 21.7. The molecule has 45 heavy (non-hydrogen) atoms. The lowest BCUT2D eigenvalue weighted by molar-refractivity contribution is -0.192. The number of nitrogens with zero attached hydrogens (tertiary/aromatic N) is 5. The van der Waals surface area contributed by atoms with E-state index in [1.54, 1.807) is 0 Å². The fourth-order valence-corrected chi connectivity index (χ4v) is 8.79. The van der Waals surface area contributed by atoms with Gasteiger partial charge in [0.1, 0.15) is 48.0 Å². The molecule has 4 saturated heterocycles. The Balaban J connectivity index is 1.24. The third-order valence-corrected chi connectivity index (χ3v) is 10.8. The summed E-state index contributed by atoms with van der Waals surface area (Å²) in [4.78, 5) is 17.9. The third kappa shape index (κ3) is 3.99. The molecule has 6 aliphatic rings. The Labute approximate surface area is 256 Å². The number of aromatic nitrogens is 2. The zero-order valence-electron chi connectivity index (χ0n) is 24.4. The number of piperazine rings is 1. The van der Waals surface area contributed by atoms with Crippen LogP contribution >= 0.6 is 0 Å². The van der Waals surface area contributed by atoms with Crippen molar-refractivity contribution in [2.75, 3.05) is 37.7 Å². The van der Waals surface area contributed by atoms with E-state index in [-0.39, 0.29) is 83.5 Å². The molecule has 0 saturated carbocycles. The second-order valence-electron chi connectivity index (χ2n) is 13.3. The standard InChI is InChI=1S/C32H32F4N6O3/c33-17-10-31(6-1-7-41(31)11-17)14-45-32(36)27(20-9-19(43)8-16-2-4-21(34)26(35)24(16)20)40-30-25-28(32)37-15-38-29(25)42-12-18-3-5-22(39-18)23(42)13-44-30/h2,4,8-9,15,17-18,22-23,27,39,43H,1,3,5-7,10-14H2/t17-,18-,22+,23-,27?,31-,32?/m1/s1. The molecule has 9 rings (SSSR count). The Morgan fingerprint density at radius 2 is 2.04 bits per heavy atom. The minimum absolute atomic E-state index is 0.0754. The molecule has 2 N–H and O–H groups in total. The van der Waals surface area contributed by atoms with Crippen LogP contribution in [-0.4, -0.2) is 88.6 Å². The predicted molar refractivity (Wildman–Crippen MR) is 156 cm³/mol. The molecule has 6 aliphatic heterocycles. The molecule has 0 spiro atoms. The molecule has 3 aromatic rings. The van der Waals surface area contributed by atoms with Crippen LogP contribution in [0.5, 0.6) is 5.75 Å². The molecule has 0 amide bonds. The number of aliphatic imine (C=N–C) groups is 1. The lowest BCUT2D eigenvalue weighted by atomic mass is 9.87. The molecule has 2 unspecified atom stereocenters. The minimum atomic E-state index is -2.83. The van der Waals surface area contributed by atoms with Crippen molar-refractivity contribution in [1.82, 2.24) is 20.2 Å². The zero-order chi connectivity index (χ0) is 30.7. The minimum Gasteiger partial charge on any atom is -0.508 e. The van der Waals surface area contributed by atoms with Crippen molar-refractivity contribution in [3.8, 4) is 5.75 Å². The van der Waals surface area contributed by atoms with E-state index >= 15 is 8.78 Å². The number of aromatic hydroxyl groups is 1. The lowest BCUT2D eigenvalue weighted by Crippen LogP contribution is -2.59. The fraction of sp³-hybridized carbons (Fsp3) is 0.531. The average molecular weight is 625 g/mol. The molecule has 7 atom stereocenters. The molecule has 9 nitrogen and oxygen atoms in total. The summed E-state index contributed by atoms with van der Waals surface area (Å²) in [5.74, 6) is -4.88. The maximum Gasteiger partial charge on any atom is 0.280 e. The maximum atomic E-state index is 18.3. The van der Waals surface area contributed by atoms with Gasteiger partial charge in [0.25, 0.3) is 5.85 Å². The number of ether oxygens (including phenoxy) is 2. The Kier molecular flexibility index (Phi) is 5.99. The predicted octanol–water partition coefficient (Wildman–Crippen LogP) is 4.17. The van der Waals surface area contributed by atoms with Crippen LogP contribution < -0.4 is 10.2 Å². The topological polar surface area (TPSA) is 95.3 Å². The zero-order valence-corrected chi connectivity index (χ0v) is 24.4. The smallest absolute Gasteiger partial charge is 0.280 e. The highest BCUT2D eigenvalue weighted by atomic mass is 19.2. The monoisotopic (exact) mass is 624 g/mol. The number of alkyl halides is 2. The van der Waals surface area contributed by atoms with E-state index in [0.29, 0.717) is 25.3 Å². The van der Waals surface area contributed by atoms with Gasteiger partial charge in [0.05, 0.1) is 12.6 Å². The number of phenolic OH excluding ortho intramolecular Hbond substituents is 1. The number of fused-ring (bicyclic) bond motifs is 7.